The van der Waals surface area contributed by atoms with Gasteiger partial charge in [-0.05, 0) is 25.8 Å². The summed E-state index contributed by atoms with van der Waals surface area (Å²) in [6.45, 7) is 6.73. The van der Waals surface area contributed by atoms with Crippen LogP contribution >= 0.6 is 36.6 Å². The zero-order valence-electron chi connectivity index (χ0n) is 12.8. The number of hydrogen-bond acceptors (Lipinski definition) is 4. The molecule has 126 valence electrons. The molecule has 0 bridgehead atoms. The lowest BCUT2D eigenvalue weighted by atomic mass is 10.0. The molecule has 4 nitrogen and oxygen atoms in total. The minimum absolute atomic E-state index is 0. The Morgan fingerprint density at radius 1 is 1.33 bits per heavy atom. The first kappa shape index (κ1) is 21.3. The monoisotopic (exact) mass is 357 g/mol. The van der Waals surface area contributed by atoms with E-state index in [1.54, 1.807) is 0 Å². The fourth-order valence-corrected chi connectivity index (χ4v) is 3.83. The van der Waals surface area contributed by atoms with Gasteiger partial charge in [-0.1, -0.05) is 6.92 Å². The van der Waals surface area contributed by atoms with Crippen LogP contribution < -0.4 is 10.6 Å². The van der Waals surface area contributed by atoms with Gasteiger partial charge < -0.3 is 15.5 Å². The van der Waals surface area contributed by atoms with Crippen LogP contribution in [0.25, 0.3) is 0 Å². The summed E-state index contributed by atoms with van der Waals surface area (Å²) in [6, 6.07) is 0.774. The average molecular weight is 358 g/mol. The highest BCUT2D eigenvalue weighted by Crippen LogP contribution is 2.13. The van der Waals surface area contributed by atoms with Crippen molar-refractivity contribution in [1.29, 1.82) is 0 Å². The molecule has 0 radical (unpaired) electrons. The van der Waals surface area contributed by atoms with Gasteiger partial charge in [0, 0.05) is 49.6 Å². The minimum atomic E-state index is 0. The van der Waals surface area contributed by atoms with E-state index in [1.807, 2.05) is 11.8 Å². The number of nitrogens with zero attached hydrogens (tertiary/aromatic N) is 1. The van der Waals surface area contributed by atoms with Gasteiger partial charge in [-0.3, -0.25) is 4.79 Å². The molecule has 21 heavy (non-hydrogen) atoms. The van der Waals surface area contributed by atoms with Crippen LogP contribution in [0.3, 0.4) is 0 Å². The fraction of sp³-hybridized carbons (Fsp3) is 0.929. The third-order valence-electron chi connectivity index (χ3n) is 3.92. The van der Waals surface area contributed by atoms with Crippen molar-refractivity contribution in [3.63, 3.8) is 0 Å². The average Bonchev–Trinajstić information content (AvgIpc) is 2.42. The third kappa shape index (κ3) is 7.93. The molecule has 2 N–H and O–H groups in total. The Kier molecular flexibility index (Phi) is 12.0. The minimum Gasteiger partial charge on any atom is -0.353 e. The summed E-state index contributed by atoms with van der Waals surface area (Å²) in [5.74, 6) is 2.48. The SMILES string of the molecule is CCCN1CCC(NC(=O)CC2CSCCN2)CC1.Cl.Cl. The zero-order valence-corrected chi connectivity index (χ0v) is 15.3. The lowest BCUT2D eigenvalue weighted by Crippen LogP contribution is -2.47. The van der Waals surface area contributed by atoms with Gasteiger partial charge in [0.05, 0.1) is 0 Å². The molecule has 0 aromatic heterocycles. The number of hydrogen-bond donors (Lipinski definition) is 2. The zero-order chi connectivity index (χ0) is 13.5. The Bertz CT molecular complexity index is 283. The molecular weight excluding hydrogens is 329 g/mol. The molecule has 0 spiro atoms. The first-order valence-electron chi connectivity index (χ1n) is 7.60. The molecule has 1 unspecified atom stereocenters. The van der Waals surface area contributed by atoms with E-state index in [2.05, 4.69) is 22.5 Å². The van der Waals surface area contributed by atoms with Gasteiger partial charge >= 0.3 is 0 Å². The van der Waals surface area contributed by atoms with Crippen LogP contribution in [0.5, 0.6) is 0 Å². The van der Waals surface area contributed by atoms with Crippen LogP contribution in [0.2, 0.25) is 0 Å². The molecule has 2 aliphatic rings. The summed E-state index contributed by atoms with van der Waals surface area (Å²) in [7, 11) is 0. The van der Waals surface area contributed by atoms with E-state index in [0.29, 0.717) is 18.5 Å². The largest absolute Gasteiger partial charge is 0.353 e. The topological polar surface area (TPSA) is 44.4 Å². The van der Waals surface area contributed by atoms with E-state index in [1.165, 1.54) is 18.7 Å². The fourth-order valence-electron chi connectivity index (χ4n) is 2.88. The summed E-state index contributed by atoms with van der Waals surface area (Å²) in [5.41, 5.74) is 0. The number of carbonyl (C=O) groups is 1. The van der Waals surface area contributed by atoms with Crippen molar-refractivity contribution in [2.24, 2.45) is 0 Å². The third-order valence-corrected chi connectivity index (χ3v) is 5.05. The molecule has 2 saturated heterocycles. The highest BCUT2D eigenvalue weighted by atomic mass is 35.5. The van der Waals surface area contributed by atoms with Crippen molar-refractivity contribution in [2.45, 2.75) is 44.7 Å². The number of carbonyl (C=O) groups excluding carboxylic acids is 1. The van der Waals surface area contributed by atoms with E-state index >= 15 is 0 Å². The Hall–Kier alpha value is 0.320. The van der Waals surface area contributed by atoms with Crippen LogP contribution in [0.1, 0.15) is 32.6 Å². The summed E-state index contributed by atoms with van der Waals surface area (Å²) in [5, 5.41) is 6.64. The number of likely N-dealkylation sites (tertiary alicyclic amines) is 1. The van der Waals surface area contributed by atoms with Gasteiger partial charge in [0.1, 0.15) is 0 Å². The Balaban J connectivity index is 0.00000200. The van der Waals surface area contributed by atoms with Crippen molar-refractivity contribution in [3.05, 3.63) is 0 Å². The molecule has 1 atom stereocenters. The Labute approximate surface area is 145 Å². The summed E-state index contributed by atoms with van der Waals surface area (Å²) in [4.78, 5) is 14.5. The van der Waals surface area contributed by atoms with E-state index in [-0.39, 0.29) is 30.7 Å². The first-order chi connectivity index (χ1) is 9.28. The highest BCUT2D eigenvalue weighted by Gasteiger charge is 2.22. The van der Waals surface area contributed by atoms with Crippen molar-refractivity contribution >= 4 is 42.5 Å². The van der Waals surface area contributed by atoms with Crippen LogP contribution in [0.4, 0.5) is 0 Å². The molecular formula is C14H29Cl2N3OS. The predicted octanol–water partition coefficient (Wildman–Crippen LogP) is 1.92. The normalized spacial score (nSPS) is 23.8. The molecule has 0 aromatic rings. The van der Waals surface area contributed by atoms with Gasteiger partial charge in [0.15, 0.2) is 0 Å². The number of halogens is 2. The van der Waals surface area contributed by atoms with Crippen molar-refractivity contribution in [1.82, 2.24) is 15.5 Å². The van der Waals surface area contributed by atoms with Crippen LogP contribution in [0.15, 0.2) is 0 Å². The van der Waals surface area contributed by atoms with E-state index in [0.717, 1.165) is 38.2 Å². The van der Waals surface area contributed by atoms with Gasteiger partial charge in [0.25, 0.3) is 0 Å². The summed E-state index contributed by atoms with van der Waals surface area (Å²) >= 11 is 1.95. The molecule has 2 fully saturated rings. The quantitative estimate of drug-likeness (QED) is 0.788. The highest BCUT2D eigenvalue weighted by molar-refractivity contribution is 7.99. The maximum Gasteiger partial charge on any atom is 0.221 e. The Morgan fingerprint density at radius 3 is 2.62 bits per heavy atom. The lowest BCUT2D eigenvalue weighted by molar-refractivity contribution is -0.122. The number of amides is 1. The predicted molar refractivity (Wildman–Crippen MR) is 96.1 cm³/mol. The molecule has 2 rings (SSSR count). The molecule has 2 aliphatic heterocycles. The van der Waals surface area contributed by atoms with Gasteiger partial charge in [-0.15, -0.1) is 24.8 Å². The first-order valence-corrected chi connectivity index (χ1v) is 8.76. The second-order valence-corrected chi connectivity index (χ2v) is 6.76. The number of rotatable bonds is 5. The molecule has 2 heterocycles. The van der Waals surface area contributed by atoms with Crippen molar-refractivity contribution in [3.8, 4) is 0 Å². The molecule has 7 heteroatoms. The van der Waals surface area contributed by atoms with Crippen molar-refractivity contribution < 1.29 is 4.79 Å². The lowest BCUT2D eigenvalue weighted by Gasteiger charge is -2.32. The van der Waals surface area contributed by atoms with Crippen LogP contribution in [-0.4, -0.2) is 60.6 Å². The van der Waals surface area contributed by atoms with E-state index in [9.17, 15) is 4.79 Å². The molecule has 0 aromatic carbocycles. The summed E-state index contributed by atoms with van der Waals surface area (Å²) < 4.78 is 0. The van der Waals surface area contributed by atoms with Crippen molar-refractivity contribution in [2.75, 3.05) is 37.7 Å². The second kappa shape index (κ2) is 11.8. The maximum atomic E-state index is 12.0. The number of nitrogens with one attached hydrogen (secondary N) is 2. The standard InChI is InChI=1S/C14H27N3OS.2ClH/c1-2-6-17-7-3-12(4-8-17)16-14(18)10-13-11-19-9-5-15-13;;/h12-13,15H,2-11H2,1H3,(H,16,18);2*1H. The smallest absolute Gasteiger partial charge is 0.221 e. The molecule has 0 saturated carbocycles. The summed E-state index contributed by atoms with van der Waals surface area (Å²) in [6.07, 6.45) is 4.08. The maximum absolute atomic E-state index is 12.0. The Morgan fingerprint density at radius 2 is 2.05 bits per heavy atom. The molecule has 1 amide bonds. The molecule has 0 aliphatic carbocycles. The van der Waals surface area contributed by atoms with E-state index < -0.39 is 0 Å². The number of piperidine rings is 1. The van der Waals surface area contributed by atoms with Gasteiger partial charge in [-0.25, -0.2) is 0 Å². The number of thioether (sulfide) groups is 1. The van der Waals surface area contributed by atoms with E-state index in [4.69, 9.17) is 0 Å². The second-order valence-electron chi connectivity index (χ2n) is 5.61. The van der Waals surface area contributed by atoms with Crippen LogP contribution in [0, 0.1) is 0 Å². The van der Waals surface area contributed by atoms with Gasteiger partial charge in [-0.2, -0.15) is 11.8 Å². The van der Waals surface area contributed by atoms with Gasteiger partial charge in [0.2, 0.25) is 5.91 Å². The van der Waals surface area contributed by atoms with Crippen LogP contribution in [-0.2, 0) is 4.79 Å².